The van der Waals surface area contributed by atoms with E-state index >= 15 is 0 Å². The van der Waals surface area contributed by atoms with Crippen molar-refractivity contribution in [3.05, 3.63) is 0 Å². The standard InChI is InChI=1S/C76H148O17P2/c1-8-9-10-11-12-13-20-29-36-43-50-57-73(78)86-64-72(93-76(81)60-53-46-39-32-25-28-35-42-49-56-69(6)7)66-91-95(84,85)89-62-70(77)61-88-94(82,83)90-65-71(63-87-74(79)58-51-44-37-30-24-23-27-34-41-48-55-68(4)5)92-75(80)59-52-45-38-31-22-19-17-15-14-16-18-21-26-33-40-47-54-67(2)3/h67-72,77H,8-66H2,1-7H3,(H,82,83)(H,84,85)/t70-,71-,72-/m1/s1. The Kier molecular flexibility index (Phi) is 65.2. The number of aliphatic hydroxyl groups excluding tert-OH is 1. The first kappa shape index (κ1) is 93.1. The van der Waals surface area contributed by atoms with Gasteiger partial charge in [0.1, 0.15) is 19.3 Å². The molecule has 0 aliphatic carbocycles. The zero-order chi connectivity index (χ0) is 70.1. The summed E-state index contributed by atoms with van der Waals surface area (Å²) in [5.41, 5.74) is 0. The van der Waals surface area contributed by atoms with Gasteiger partial charge in [0.05, 0.1) is 26.4 Å². The highest BCUT2D eigenvalue weighted by atomic mass is 31.2. The first-order chi connectivity index (χ1) is 45.7. The van der Waals surface area contributed by atoms with Crippen molar-refractivity contribution in [2.45, 2.75) is 407 Å². The summed E-state index contributed by atoms with van der Waals surface area (Å²) in [6, 6.07) is 0. The minimum Gasteiger partial charge on any atom is -0.462 e. The third-order valence-corrected chi connectivity index (χ3v) is 19.5. The van der Waals surface area contributed by atoms with E-state index in [1.165, 1.54) is 199 Å². The second-order valence-corrected chi connectivity index (χ2v) is 31.7. The molecule has 0 aromatic rings. The number of hydrogen-bond acceptors (Lipinski definition) is 15. The van der Waals surface area contributed by atoms with Crippen molar-refractivity contribution in [2.24, 2.45) is 17.8 Å². The monoisotopic (exact) mass is 1400 g/mol. The number of carbonyl (C=O) groups is 4. The summed E-state index contributed by atoms with van der Waals surface area (Å²) >= 11 is 0. The first-order valence-electron chi connectivity index (χ1n) is 39.3. The van der Waals surface area contributed by atoms with Crippen molar-refractivity contribution < 1.29 is 80.2 Å². The summed E-state index contributed by atoms with van der Waals surface area (Å²) < 4.78 is 68.5. The van der Waals surface area contributed by atoms with Gasteiger partial charge in [-0.05, 0) is 43.4 Å². The van der Waals surface area contributed by atoms with E-state index in [-0.39, 0.29) is 25.7 Å². The van der Waals surface area contributed by atoms with Crippen LogP contribution < -0.4 is 0 Å². The van der Waals surface area contributed by atoms with Gasteiger partial charge in [0.15, 0.2) is 12.2 Å². The smallest absolute Gasteiger partial charge is 0.462 e. The Morgan fingerprint density at radius 1 is 0.284 bits per heavy atom. The van der Waals surface area contributed by atoms with Crippen LogP contribution in [0.1, 0.15) is 389 Å². The van der Waals surface area contributed by atoms with E-state index in [9.17, 15) is 43.2 Å². The lowest BCUT2D eigenvalue weighted by atomic mass is 10.0. The largest absolute Gasteiger partial charge is 0.472 e. The number of rotatable bonds is 74. The lowest BCUT2D eigenvalue weighted by molar-refractivity contribution is -0.161. The number of phosphoric ester groups is 2. The predicted octanol–water partition coefficient (Wildman–Crippen LogP) is 22.2. The van der Waals surface area contributed by atoms with Crippen LogP contribution in [0.5, 0.6) is 0 Å². The molecule has 5 atom stereocenters. The predicted molar refractivity (Wildman–Crippen MR) is 386 cm³/mol. The van der Waals surface area contributed by atoms with Gasteiger partial charge < -0.3 is 33.8 Å². The summed E-state index contributed by atoms with van der Waals surface area (Å²) in [6.07, 6.45) is 52.7. The molecule has 0 fully saturated rings. The Balaban J connectivity index is 5.23. The molecule has 0 bridgehead atoms. The minimum absolute atomic E-state index is 0.105. The van der Waals surface area contributed by atoms with E-state index in [0.29, 0.717) is 25.7 Å². The van der Waals surface area contributed by atoms with Crippen molar-refractivity contribution in [1.29, 1.82) is 0 Å². The van der Waals surface area contributed by atoms with Crippen LogP contribution in [0.4, 0.5) is 0 Å². The van der Waals surface area contributed by atoms with E-state index in [0.717, 1.165) is 108 Å². The molecule has 0 aliphatic rings. The lowest BCUT2D eigenvalue weighted by Gasteiger charge is -2.21. The molecule has 0 rings (SSSR count). The van der Waals surface area contributed by atoms with Crippen LogP contribution in [0.3, 0.4) is 0 Å². The van der Waals surface area contributed by atoms with Crippen LogP contribution in [-0.2, 0) is 65.4 Å². The van der Waals surface area contributed by atoms with Gasteiger partial charge >= 0.3 is 39.5 Å². The molecule has 0 heterocycles. The van der Waals surface area contributed by atoms with Gasteiger partial charge in [-0.15, -0.1) is 0 Å². The number of phosphoric acid groups is 2. The van der Waals surface area contributed by atoms with Gasteiger partial charge in [0.2, 0.25) is 0 Å². The molecule has 95 heavy (non-hydrogen) atoms. The molecule has 19 heteroatoms. The Labute approximate surface area is 581 Å². The third kappa shape index (κ3) is 70.3. The molecule has 0 radical (unpaired) electrons. The van der Waals surface area contributed by atoms with Crippen LogP contribution in [0.2, 0.25) is 0 Å². The van der Waals surface area contributed by atoms with Crippen LogP contribution in [-0.4, -0.2) is 96.7 Å². The average molecular weight is 1400 g/mol. The molecular formula is C76H148O17P2. The van der Waals surface area contributed by atoms with Crippen LogP contribution in [0.25, 0.3) is 0 Å². The number of carbonyl (C=O) groups excluding carboxylic acids is 4. The van der Waals surface area contributed by atoms with E-state index < -0.39 is 97.5 Å². The number of hydrogen-bond donors (Lipinski definition) is 3. The van der Waals surface area contributed by atoms with E-state index in [1.807, 2.05) is 0 Å². The zero-order valence-corrected chi connectivity index (χ0v) is 63.9. The molecule has 2 unspecified atom stereocenters. The highest BCUT2D eigenvalue weighted by Gasteiger charge is 2.30. The molecule has 0 spiro atoms. The minimum atomic E-state index is -4.96. The second kappa shape index (κ2) is 66.6. The molecule has 564 valence electrons. The fourth-order valence-corrected chi connectivity index (χ4v) is 13.2. The molecule has 3 N–H and O–H groups in total. The van der Waals surface area contributed by atoms with Gasteiger partial charge in [-0.3, -0.25) is 37.3 Å². The molecule has 17 nitrogen and oxygen atoms in total. The normalized spacial score (nSPS) is 14.1. The van der Waals surface area contributed by atoms with Gasteiger partial charge in [-0.25, -0.2) is 9.13 Å². The summed E-state index contributed by atoms with van der Waals surface area (Å²) in [6.45, 7) is 11.9. The van der Waals surface area contributed by atoms with E-state index in [4.69, 9.17) is 37.0 Å². The SMILES string of the molecule is CCCCCCCCCCCCCC(=O)OC[C@H](COP(=O)(O)OC[C@H](O)COP(=O)(O)OC[C@@H](COC(=O)CCCCCCCCCCCCC(C)C)OC(=O)CCCCCCCCCCCCCCCCCCC(C)C)OC(=O)CCCCCCCCCCCC(C)C. The quantitative estimate of drug-likeness (QED) is 0.0222. The lowest BCUT2D eigenvalue weighted by Crippen LogP contribution is -2.30. The topological polar surface area (TPSA) is 237 Å². The van der Waals surface area contributed by atoms with Gasteiger partial charge in [-0.1, -0.05) is 337 Å². The number of unbranched alkanes of at least 4 members (excludes halogenated alkanes) is 42. The molecule has 0 aromatic carbocycles. The third-order valence-electron chi connectivity index (χ3n) is 17.6. The molecule has 0 amide bonds. The fraction of sp³-hybridized carbons (Fsp3) is 0.947. The Hall–Kier alpha value is -1.94. The van der Waals surface area contributed by atoms with Crippen molar-refractivity contribution >= 4 is 39.5 Å². The molecule has 0 saturated carbocycles. The average Bonchev–Trinajstić information content (AvgIpc) is 1.55. The Morgan fingerprint density at radius 3 is 0.716 bits per heavy atom. The van der Waals surface area contributed by atoms with Crippen LogP contribution in [0.15, 0.2) is 0 Å². The molecule has 0 aromatic heterocycles. The van der Waals surface area contributed by atoms with Gasteiger partial charge in [0.25, 0.3) is 0 Å². The zero-order valence-electron chi connectivity index (χ0n) is 62.1. The van der Waals surface area contributed by atoms with E-state index in [1.54, 1.807) is 0 Å². The van der Waals surface area contributed by atoms with Crippen LogP contribution in [0, 0.1) is 17.8 Å². The van der Waals surface area contributed by atoms with Gasteiger partial charge in [0, 0.05) is 25.7 Å². The highest BCUT2D eigenvalue weighted by molar-refractivity contribution is 7.47. The van der Waals surface area contributed by atoms with E-state index in [2.05, 4.69) is 48.5 Å². The number of esters is 4. The Morgan fingerprint density at radius 2 is 0.484 bits per heavy atom. The van der Waals surface area contributed by atoms with Crippen molar-refractivity contribution in [3.8, 4) is 0 Å². The molecule has 0 saturated heterocycles. The summed E-state index contributed by atoms with van der Waals surface area (Å²) in [5, 5.41) is 10.6. The Bertz CT molecular complexity index is 1850. The number of ether oxygens (including phenoxy) is 4. The van der Waals surface area contributed by atoms with Crippen molar-refractivity contribution in [2.75, 3.05) is 39.6 Å². The highest BCUT2D eigenvalue weighted by Crippen LogP contribution is 2.45. The summed E-state index contributed by atoms with van der Waals surface area (Å²) in [5.74, 6) is 0.187. The maximum Gasteiger partial charge on any atom is 0.472 e. The number of aliphatic hydroxyl groups is 1. The molecular weight excluding hydrogens is 1250 g/mol. The molecule has 0 aliphatic heterocycles. The van der Waals surface area contributed by atoms with Crippen molar-refractivity contribution in [1.82, 2.24) is 0 Å². The van der Waals surface area contributed by atoms with Crippen molar-refractivity contribution in [3.63, 3.8) is 0 Å². The van der Waals surface area contributed by atoms with Gasteiger partial charge in [-0.2, -0.15) is 0 Å². The first-order valence-corrected chi connectivity index (χ1v) is 42.3. The maximum absolute atomic E-state index is 13.1. The summed E-state index contributed by atoms with van der Waals surface area (Å²) in [4.78, 5) is 72.8. The maximum atomic E-state index is 13.1. The fourth-order valence-electron chi connectivity index (χ4n) is 11.6. The van der Waals surface area contributed by atoms with Crippen LogP contribution >= 0.6 is 15.6 Å². The summed E-state index contributed by atoms with van der Waals surface area (Å²) in [7, 11) is -9.91. The second-order valence-electron chi connectivity index (χ2n) is 28.8.